The van der Waals surface area contributed by atoms with Crippen LogP contribution in [0.2, 0.25) is 0 Å². The van der Waals surface area contributed by atoms with E-state index in [2.05, 4.69) is 15.0 Å². The van der Waals surface area contributed by atoms with Gasteiger partial charge in [0, 0.05) is 30.9 Å². The highest BCUT2D eigenvalue weighted by atomic mass is 32.2. The Morgan fingerprint density at radius 1 is 1.45 bits per heavy atom. The van der Waals surface area contributed by atoms with Gasteiger partial charge in [0.05, 0.1) is 16.6 Å². The highest BCUT2D eigenvalue weighted by molar-refractivity contribution is 7.88. The summed E-state index contributed by atoms with van der Waals surface area (Å²) >= 11 is 1.26. The number of nitrogens with zero attached hydrogens (tertiary/aromatic N) is 1. The van der Waals surface area contributed by atoms with Crippen LogP contribution in [-0.2, 0) is 10.0 Å². The molecule has 2 heterocycles. The Labute approximate surface area is 120 Å². The molecule has 0 aromatic carbocycles. The summed E-state index contributed by atoms with van der Waals surface area (Å²) in [6, 6.07) is 1.75. The van der Waals surface area contributed by atoms with Crippen LogP contribution in [0.15, 0.2) is 18.5 Å². The van der Waals surface area contributed by atoms with E-state index in [-0.39, 0.29) is 19.0 Å². The van der Waals surface area contributed by atoms with E-state index in [0.29, 0.717) is 10.6 Å². The van der Waals surface area contributed by atoms with E-state index in [0.717, 1.165) is 16.3 Å². The number of nitrogen functional groups attached to an aromatic ring is 1. The van der Waals surface area contributed by atoms with Crippen LogP contribution in [-0.4, -0.2) is 38.7 Å². The van der Waals surface area contributed by atoms with E-state index < -0.39 is 10.0 Å². The zero-order valence-corrected chi connectivity index (χ0v) is 12.3. The number of nitrogens with one attached hydrogen (secondary N) is 2. The lowest BCUT2D eigenvalue weighted by molar-refractivity contribution is 0.0959. The number of nitrogens with two attached hydrogens (primary N) is 1. The predicted molar refractivity (Wildman–Crippen MR) is 79.2 cm³/mol. The number of thiophene rings is 1. The molecule has 7 nitrogen and oxygen atoms in total. The van der Waals surface area contributed by atoms with E-state index in [4.69, 9.17) is 5.73 Å². The third-order valence-corrected chi connectivity index (χ3v) is 4.40. The van der Waals surface area contributed by atoms with Crippen molar-refractivity contribution in [2.75, 3.05) is 25.1 Å². The maximum Gasteiger partial charge on any atom is 0.263 e. The third kappa shape index (κ3) is 3.44. The molecule has 0 spiro atoms. The third-order valence-electron chi connectivity index (χ3n) is 2.51. The van der Waals surface area contributed by atoms with E-state index in [9.17, 15) is 13.2 Å². The first-order valence-corrected chi connectivity index (χ1v) is 8.44. The molecule has 0 aliphatic carbocycles. The van der Waals surface area contributed by atoms with Crippen molar-refractivity contribution in [2.24, 2.45) is 0 Å². The van der Waals surface area contributed by atoms with E-state index in [1.165, 1.54) is 11.3 Å². The van der Waals surface area contributed by atoms with Crippen LogP contribution in [0, 0.1) is 0 Å². The van der Waals surface area contributed by atoms with E-state index in [1.807, 2.05) is 0 Å². The van der Waals surface area contributed by atoms with Gasteiger partial charge in [-0.15, -0.1) is 11.3 Å². The summed E-state index contributed by atoms with van der Waals surface area (Å²) in [5, 5.41) is 3.41. The van der Waals surface area contributed by atoms with Crippen LogP contribution >= 0.6 is 11.3 Å². The molecule has 0 fully saturated rings. The minimum atomic E-state index is -3.25. The molecule has 0 atom stereocenters. The largest absolute Gasteiger partial charge is 0.397 e. The molecule has 0 unspecified atom stereocenters. The molecule has 9 heteroatoms. The van der Waals surface area contributed by atoms with Crippen molar-refractivity contribution in [2.45, 2.75) is 0 Å². The molecule has 2 aromatic heterocycles. The number of pyridine rings is 1. The lowest BCUT2D eigenvalue weighted by Crippen LogP contribution is -2.34. The first-order valence-electron chi connectivity index (χ1n) is 5.73. The molecule has 20 heavy (non-hydrogen) atoms. The minimum absolute atomic E-state index is 0.136. The Balaban J connectivity index is 2.03. The summed E-state index contributed by atoms with van der Waals surface area (Å²) in [6.07, 6.45) is 4.33. The molecule has 0 bridgehead atoms. The zero-order valence-electron chi connectivity index (χ0n) is 10.7. The number of fused-ring (bicyclic) bond motifs is 1. The maximum atomic E-state index is 12.0. The fourth-order valence-electron chi connectivity index (χ4n) is 1.63. The Morgan fingerprint density at radius 2 is 2.20 bits per heavy atom. The molecule has 0 saturated carbocycles. The van der Waals surface area contributed by atoms with Crippen molar-refractivity contribution in [1.82, 2.24) is 15.0 Å². The van der Waals surface area contributed by atoms with Crippen molar-refractivity contribution >= 4 is 43.0 Å². The normalized spacial score (nSPS) is 11.7. The predicted octanol–water partition coefficient (Wildman–Crippen LogP) is 0.157. The summed E-state index contributed by atoms with van der Waals surface area (Å²) in [5.74, 6) is -0.320. The molecule has 0 saturated heterocycles. The van der Waals surface area contributed by atoms with Gasteiger partial charge in [0.25, 0.3) is 5.91 Å². The number of aromatic nitrogens is 1. The fraction of sp³-hybridized carbons (Fsp3) is 0.273. The fourth-order valence-corrected chi connectivity index (χ4v) is 3.11. The van der Waals surface area contributed by atoms with Crippen LogP contribution in [0.3, 0.4) is 0 Å². The Hall–Kier alpha value is -1.71. The van der Waals surface area contributed by atoms with Gasteiger partial charge in [-0.3, -0.25) is 9.78 Å². The van der Waals surface area contributed by atoms with Crippen LogP contribution in [0.1, 0.15) is 9.67 Å². The Kier molecular flexibility index (Phi) is 4.21. The summed E-state index contributed by atoms with van der Waals surface area (Å²) in [6.45, 7) is 0.328. The Bertz CT molecular complexity index is 739. The minimum Gasteiger partial charge on any atom is -0.397 e. The second kappa shape index (κ2) is 5.73. The monoisotopic (exact) mass is 314 g/mol. The molecular formula is C11H14N4O3S2. The number of hydrogen-bond donors (Lipinski definition) is 3. The number of carbonyl (C=O) groups is 1. The van der Waals surface area contributed by atoms with Gasteiger partial charge in [-0.05, 0) is 6.07 Å². The van der Waals surface area contributed by atoms with Gasteiger partial charge in [0.1, 0.15) is 4.88 Å². The van der Waals surface area contributed by atoms with Crippen molar-refractivity contribution in [3.63, 3.8) is 0 Å². The topological polar surface area (TPSA) is 114 Å². The average Bonchev–Trinajstić information content (AvgIpc) is 2.72. The molecule has 2 rings (SSSR count). The van der Waals surface area contributed by atoms with Crippen molar-refractivity contribution < 1.29 is 13.2 Å². The number of amides is 1. The van der Waals surface area contributed by atoms with Crippen molar-refractivity contribution in [3.8, 4) is 0 Å². The number of anilines is 1. The van der Waals surface area contributed by atoms with Crippen LogP contribution in [0.5, 0.6) is 0 Å². The van der Waals surface area contributed by atoms with Crippen LogP contribution < -0.4 is 15.8 Å². The molecule has 108 valence electrons. The van der Waals surface area contributed by atoms with Gasteiger partial charge in [-0.1, -0.05) is 0 Å². The standard InChI is InChI=1S/C11H14N4O3S2/c1-20(17,18)15-5-4-14-11(16)10-9(12)7-2-3-13-6-8(7)19-10/h2-3,6,15H,4-5,12H2,1H3,(H,14,16). The second-order valence-corrected chi connectivity index (χ2v) is 7.02. The molecule has 0 radical (unpaired) electrons. The SMILES string of the molecule is CS(=O)(=O)NCCNC(=O)c1sc2cnccc2c1N. The second-order valence-electron chi connectivity index (χ2n) is 4.14. The van der Waals surface area contributed by atoms with Gasteiger partial charge in [-0.2, -0.15) is 0 Å². The molecule has 1 amide bonds. The van der Waals surface area contributed by atoms with Gasteiger partial charge in [0.15, 0.2) is 0 Å². The molecule has 2 aromatic rings. The van der Waals surface area contributed by atoms with E-state index in [1.54, 1.807) is 18.5 Å². The van der Waals surface area contributed by atoms with Crippen LogP contribution in [0.4, 0.5) is 5.69 Å². The highest BCUT2D eigenvalue weighted by Gasteiger charge is 2.15. The number of rotatable bonds is 5. The summed E-state index contributed by atoms with van der Waals surface area (Å²) in [7, 11) is -3.25. The van der Waals surface area contributed by atoms with Gasteiger partial charge in [0.2, 0.25) is 10.0 Å². The molecular weight excluding hydrogens is 300 g/mol. The summed E-state index contributed by atoms with van der Waals surface area (Å²) in [4.78, 5) is 16.4. The lowest BCUT2D eigenvalue weighted by Gasteiger charge is -2.04. The lowest BCUT2D eigenvalue weighted by atomic mass is 10.2. The smallest absolute Gasteiger partial charge is 0.263 e. The van der Waals surface area contributed by atoms with Gasteiger partial charge in [-0.25, -0.2) is 13.1 Å². The van der Waals surface area contributed by atoms with Crippen LogP contribution in [0.25, 0.3) is 10.1 Å². The highest BCUT2D eigenvalue weighted by Crippen LogP contribution is 2.32. The first-order chi connectivity index (χ1) is 9.38. The number of hydrogen-bond acceptors (Lipinski definition) is 6. The van der Waals surface area contributed by atoms with E-state index >= 15 is 0 Å². The first kappa shape index (κ1) is 14.7. The van der Waals surface area contributed by atoms with Crippen molar-refractivity contribution in [3.05, 3.63) is 23.3 Å². The number of carbonyl (C=O) groups excluding carboxylic acids is 1. The quantitative estimate of drug-likeness (QED) is 0.680. The average molecular weight is 314 g/mol. The summed E-state index contributed by atoms with van der Waals surface area (Å²) in [5.41, 5.74) is 6.34. The van der Waals surface area contributed by atoms with Gasteiger partial charge < -0.3 is 11.1 Å². The van der Waals surface area contributed by atoms with Gasteiger partial charge >= 0.3 is 0 Å². The van der Waals surface area contributed by atoms with Crippen molar-refractivity contribution in [1.29, 1.82) is 0 Å². The Morgan fingerprint density at radius 3 is 2.85 bits per heavy atom. The molecule has 0 aliphatic rings. The zero-order chi connectivity index (χ0) is 14.8. The number of sulfonamides is 1. The molecule has 4 N–H and O–H groups in total. The molecule has 0 aliphatic heterocycles. The summed E-state index contributed by atoms with van der Waals surface area (Å²) < 4.78 is 24.9. The maximum absolute atomic E-state index is 12.0.